The van der Waals surface area contributed by atoms with Crippen molar-refractivity contribution in [3.05, 3.63) is 41.7 Å². The molecule has 33 heavy (non-hydrogen) atoms. The molecule has 2 aromatic rings. The van der Waals surface area contributed by atoms with Crippen molar-refractivity contribution in [1.29, 1.82) is 0 Å². The first-order chi connectivity index (χ1) is 15.9. The van der Waals surface area contributed by atoms with Gasteiger partial charge in [-0.1, -0.05) is 41.9 Å². The van der Waals surface area contributed by atoms with Gasteiger partial charge in [-0.2, -0.15) is 0 Å². The summed E-state index contributed by atoms with van der Waals surface area (Å²) in [7, 11) is 3.27. The van der Waals surface area contributed by atoms with Gasteiger partial charge in [-0.15, -0.1) is 0 Å². The lowest BCUT2D eigenvalue weighted by molar-refractivity contribution is -0.135. The lowest BCUT2D eigenvalue weighted by Crippen LogP contribution is -2.44. The van der Waals surface area contributed by atoms with Gasteiger partial charge < -0.3 is 24.8 Å². The van der Waals surface area contributed by atoms with Crippen molar-refractivity contribution in [3.63, 3.8) is 0 Å². The molecule has 1 aromatic heterocycles. The monoisotopic (exact) mass is 456 g/mol. The van der Waals surface area contributed by atoms with Crippen LogP contribution in [0, 0.1) is 12.8 Å². The summed E-state index contributed by atoms with van der Waals surface area (Å²) in [6.07, 6.45) is 2.09. The van der Waals surface area contributed by atoms with Gasteiger partial charge in [-0.05, 0) is 19.8 Å². The maximum absolute atomic E-state index is 13.2. The number of nitrogens with zero attached hydrogens (tertiary/aromatic N) is 2. The number of carbonyl (C=O) groups is 3. The average molecular weight is 457 g/mol. The van der Waals surface area contributed by atoms with Gasteiger partial charge in [0.25, 0.3) is 5.91 Å². The molecule has 1 fully saturated rings. The third-order valence-electron chi connectivity index (χ3n) is 5.89. The van der Waals surface area contributed by atoms with Crippen LogP contribution < -0.4 is 10.6 Å². The molecule has 2 N–H and O–H groups in total. The Kier molecular flexibility index (Phi) is 8.59. The molecule has 0 spiro atoms. The first-order valence-electron chi connectivity index (χ1n) is 11.2. The number of hydrogen-bond acceptors (Lipinski definition) is 6. The van der Waals surface area contributed by atoms with Crippen LogP contribution in [0.4, 0.5) is 0 Å². The Labute approximate surface area is 193 Å². The molecule has 1 saturated heterocycles. The van der Waals surface area contributed by atoms with Crippen LogP contribution in [-0.2, 0) is 14.3 Å². The second kappa shape index (κ2) is 11.6. The summed E-state index contributed by atoms with van der Waals surface area (Å²) in [5, 5.41) is 9.96. The Balaban J connectivity index is 1.69. The van der Waals surface area contributed by atoms with E-state index in [0.717, 1.165) is 5.56 Å². The van der Waals surface area contributed by atoms with Crippen LogP contribution in [0.15, 0.2) is 34.9 Å². The topological polar surface area (TPSA) is 114 Å². The minimum Gasteiger partial charge on any atom is -0.383 e. The van der Waals surface area contributed by atoms with E-state index in [4.69, 9.17) is 9.26 Å². The van der Waals surface area contributed by atoms with Crippen LogP contribution in [0.1, 0.15) is 41.8 Å². The molecule has 2 unspecified atom stereocenters. The Bertz CT molecular complexity index is 959. The van der Waals surface area contributed by atoms with E-state index in [1.54, 1.807) is 26.0 Å². The fourth-order valence-electron chi connectivity index (χ4n) is 4.06. The summed E-state index contributed by atoms with van der Waals surface area (Å²) in [5.41, 5.74) is 1.68. The average Bonchev–Trinajstić information content (AvgIpc) is 3.21. The number of aryl methyl sites for hydroxylation is 1. The number of amides is 3. The van der Waals surface area contributed by atoms with E-state index < -0.39 is 5.92 Å². The van der Waals surface area contributed by atoms with Crippen LogP contribution in [0.25, 0.3) is 11.3 Å². The highest BCUT2D eigenvalue weighted by molar-refractivity contribution is 6.01. The third-order valence-corrected chi connectivity index (χ3v) is 5.89. The normalized spacial score (nSPS) is 19.4. The fraction of sp³-hybridized carbons (Fsp3) is 0.500. The Hall–Kier alpha value is -3.20. The first kappa shape index (κ1) is 24.4. The predicted molar refractivity (Wildman–Crippen MR) is 122 cm³/mol. The molecule has 0 aliphatic carbocycles. The summed E-state index contributed by atoms with van der Waals surface area (Å²) < 4.78 is 10.3. The Morgan fingerprint density at radius 3 is 2.73 bits per heavy atom. The fourth-order valence-corrected chi connectivity index (χ4v) is 4.06. The number of likely N-dealkylation sites (N-methyl/N-ethyl adjacent to an activating group) is 1. The van der Waals surface area contributed by atoms with Crippen LogP contribution in [0.3, 0.4) is 0 Å². The summed E-state index contributed by atoms with van der Waals surface area (Å²) in [6.45, 7) is 2.91. The number of carbonyl (C=O) groups excluding carboxylic acids is 3. The molecule has 0 radical (unpaired) electrons. The van der Waals surface area contributed by atoms with E-state index in [1.165, 1.54) is 0 Å². The molecule has 2 heterocycles. The van der Waals surface area contributed by atoms with Crippen LogP contribution in [0.2, 0.25) is 0 Å². The zero-order valence-corrected chi connectivity index (χ0v) is 19.4. The van der Waals surface area contributed by atoms with Gasteiger partial charge in [0.2, 0.25) is 11.8 Å². The van der Waals surface area contributed by atoms with Crippen molar-refractivity contribution in [2.45, 2.75) is 38.6 Å². The Morgan fingerprint density at radius 2 is 2.00 bits per heavy atom. The molecule has 0 bridgehead atoms. The van der Waals surface area contributed by atoms with E-state index in [0.29, 0.717) is 56.0 Å². The second-order valence-electron chi connectivity index (χ2n) is 8.39. The van der Waals surface area contributed by atoms with Crippen molar-refractivity contribution in [2.75, 3.05) is 33.9 Å². The smallest absolute Gasteiger partial charge is 0.257 e. The maximum atomic E-state index is 13.2. The van der Waals surface area contributed by atoms with E-state index in [1.807, 2.05) is 30.3 Å². The van der Waals surface area contributed by atoms with Gasteiger partial charge in [0.15, 0.2) is 0 Å². The molecular weight excluding hydrogens is 424 g/mol. The van der Waals surface area contributed by atoms with E-state index in [9.17, 15) is 14.4 Å². The highest BCUT2D eigenvalue weighted by atomic mass is 16.5. The van der Waals surface area contributed by atoms with Gasteiger partial charge in [-0.25, -0.2) is 0 Å². The molecule has 1 aromatic carbocycles. The van der Waals surface area contributed by atoms with Gasteiger partial charge in [0, 0.05) is 51.2 Å². The highest BCUT2D eigenvalue weighted by Gasteiger charge is 2.29. The first-order valence-corrected chi connectivity index (χ1v) is 11.2. The third kappa shape index (κ3) is 6.41. The van der Waals surface area contributed by atoms with Crippen molar-refractivity contribution < 1.29 is 23.6 Å². The quantitative estimate of drug-likeness (QED) is 0.617. The van der Waals surface area contributed by atoms with Crippen molar-refractivity contribution >= 4 is 17.7 Å². The van der Waals surface area contributed by atoms with Gasteiger partial charge >= 0.3 is 0 Å². The minimum atomic E-state index is -0.392. The van der Waals surface area contributed by atoms with Crippen molar-refractivity contribution in [2.24, 2.45) is 5.92 Å². The summed E-state index contributed by atoms with van der Waals surface area (Å²) in [5.74, 6) is -0.493. The largest absolute Gasteiger partial charge is 0.383 e. The number of methoxy groups -OCH3 is 1. The molecular formula is C24H32N4O5. The number of rotatable bonds is 7. The molecule has 1 aliphatic rings. The molecule has 2 atom stereocenters. The number of nitrogens with one attached hydrogen (secondary N) is 2. The predicted octanol–water partition coefficient (Wildman–Crippen LogP) is 2.16. The SMILES string of the molecule is COCCNC(=O)C1CCCC(NC(=O)c2c(-c3ccccc3)noc2C)CN(C)C(=O)C1. The van der Waals surface area contributed by atoms with Gasteiger partial charge in [-0.3, -0.25) is 14.4 Å². The van der Waals surface area contributed by atoms with E-state index >= 15 is 0 Å². The number of hydrogen-bond donors (Lipinski definition) is 2. The summed E-state index contributed by atoms with van der Waals surface area (Å²) in [6, 6.07) is 9.14. The lowest BCUT2D eigenvalue weighted by atomic mass is 9.96. The summed E-state index contributed by atoms with van der Waals surface area (Å²) in [4.78, 5) is 40.0. The van der Waals surface area contributed by atoms with E-state index in [-0.39, 0.29) is 30.2 Å². The zero-order chi connectivity index (χ0) is 23.8. The molecule has 3 amide bonds. The Morgan fingerprint density at radius 1 is 1.24 bits per heavy atom. The standard InChI is InChI=1S/C24H32N4O5/c1-16-21(22(27-33-16)17-8-5-4-6-9-17)24(31)26-19-11-7-10-18(14-20(29)28(2)15-19)23(30)25-12-13-32-3/h4-6,8-9,18-19H,7,10-15H2,1-3H3,(H,25,30)(H,26,31). The molecule has 9 heteroatoms. The zero-order valence-electron chi connectivity index (χ0n) is 19.4. The molecule has 0 saturated carbocycles. The number of aromatic nitrogens is 1. The number of ether oxygens (including phenoxy) is 1. The second-order valence-corrected chi connectivity index (χ2v) is 8.39. The van der Waals surface area contributed by atoms with Crippen LogP contribution in [0.5, 0.6) is 0 Å². The molecule has 9 nitrogen and oxygen atoms in total. The maximum Gasteiger partial charge on any atom is 0.257 e. The van der Waals surface area contributed by atoms with Crippen molar-refractivity contribution in [1.82, 2.24) is 20.7 Å². The lowest BCUT2D eigenvalue weighted by Gasteiger charge is -2.24. The molecule has 178 valence electrons. The van der Waals surface area contributed by atoms with Crippen LogP contribution in [-0.4, -0.2) is 67.7 Å². The van der Waals surface area contributed by atoms with E-state index in [2.05, 4.69) is 15.8 Å². The van der Waals surface area contributed by atoms with Crippen LogP contribution >= 0.6 is 0 Å². The van der Waals surface area contributed by atoms with Crippen molar-refractivity contribution in [3.8, 4) is 11.3 Å². The highest BCUT2D eigenvalue weighted by Crippen LogP contribution is 2.25. The summed E-state index contributed by atoms with van der Waals surface area (Å²) >= 11 is 0. The van der Waals surface area contributed by atoms with Gasteiger partial charge in [0.05, 0.1) is 6.61 Å². The minimum absolute atomic E-state index is 0.117. The van der Waals surface area contributed by atoms with Gasteiger partial charge in [0.1, 0.15) is 17.0 Å². The molecule has 3 rings (SSSR count). The number of benzene rings is 1. The molecule has 1 aliphatic heterocycles.